The van der Waals surface area contributed by atoms with Crippen molar-refractivity contribution < 1.29 is 14.6 Å². The highest BCUT2D eigenvalue weighted by atomic mass is 32.2. The summed E-state index contributed by atoms with van der Waals surface area (Å²) in [6.07, 6.45) is 8.98. The van der Waals surface area contributed by atoms with Crippen molar-refractivity contribution in [1.82, 2.24) is 5.32 Å². The fourth-order valence-corrected chi connectivity index (χ4v) is 5.11. The van der Waals surface area contributed by atoms with E-state index in [2.05, 4.69) is 5.32 Å². The molecule has 5 nitrogen and oxygen atoms in total. The van der Waals surface area contributed by atoms with Crippen LogP contribution < -0.4 is 5.32 Å². The Morgan fingerprint density at radius 2 is 1.88 bits per heavy atom. The second-order valence-corrected chi connectivity index (χ2v) is 8.11. The molecule has 0 spiro atoms. The predicted molar refractivity (Wildman–Crippen MR) is 92.7 cm³/mol. The van der Waals surface area contributed by atoms with Gasteiger partial charge in [0.1, 0.15) is 6.07 Å². The van der Waals surface area contributed by atoms with Gasteiger partial charge in [0.25, 0.3) is 5.91 Å². The molecule has 3 unspecified atom stereocenters. The number of aliphatic hydroxyl groups excluding tert-OH is 1. The Kier molecular flexibility index (Phi) is 6.07. The van der Waals surface area contributed by atoms with Gasteiger partial charge in [0.15, 0.2) is 16.9 Å². The highest BCUT2D eigenvalue weighted by molar-refractivity contribution is 8.02. The molecular formula is C18H26N2O3S. The maximum atomic E-state index is 12.3. The maximum Gasteiger partial charge on any atom is 0.269 e. The van der Waals surface area contributed by atoms with Gasteiger partial charge in [-0.1, -0.05) is 43.9 Å². The molecule has 2 aliphatic carbocycles. The molecule has 2 fully saturated rings. The van der Waals surface area contributed by atoms with Crippen LogP contribution >= 0.6 is 11.8 Å². The third-order valence-corrected chi connectivity index (χ3v) is 6.60. The zero-order chi connectivity index (χ0) is 16.9. The number of nitrogens with zero attached hydrogens (tertiary/aromatic N) is 1. The van der Waals surface area contributed by atoms with E-state index in [-0.39, 0.29) is 17.4 Å². The van der Waals surface area contributed by atoms with E-state index in [1.807, 2.05) is 6.07 Å². The van der Waals surface area contributed by atoms with Crippen molar-refractivity contribution in [3.63, 3.8) is 0 Å². The summed E-state index contributed by atoms with van der Waals surface area (Å²) in [5.41, 5.74) is 0.0809. The lowest BCUT2D eigenvalue weighted by Crippen LogP contribution is -2.50. The molecule has 132 valence electrons. The number of carbonyl (C=O) groups excluding carboxylic acids is 1. The van der Waals surface area contributed by atoms with E-state index in [1.165, 1.54) is 43.9 Å². The van der Waals surface area contributed by atoms with Crippen LogP contribution in [0, 0.1) is 23.2 Å². The number of amides is 1. The lowest BCUT2D eigenvalue weighted by Gasteiger charge is -2.37. The van der Waals surface area contributed by atoms with Crippen molar-refractivity contribution in [1.29, 1.82) is 5.26 Å². The quantitative estimate of drug-likeness (QED) is 0.814. The predicted octanol–water partition coefficient (Wildman–Crippen LogP) is 3.06. The molecule has 0 aromatic rings. The fraction of sp³-hybridized carbons (Fsp3) is 0.778. The van der Waals surface area contributed by atoms with E-state index >= 15 is 0 Å². The Labute approximate surface area is 147 Å². The summed E-state index contributed by atoms with van der Waals surface area (Å²) in [7, 11) is 0. The molecule has 1 aliphatic heterocycles. The molecule has 24 heavy (non-hydrogen) atoms. The topological polar surface area (TPSA) is 82.3 Å². The number of nitriles is 1. The Morgan fingerprint density at radius 1 is 1.17 bits per heavy atom. The van der Waals surface area contributed by atoms with Crippen molar-refractivity contribution in [3.05, 3.63) is 10.7 Å². The lowest BCUT2D eigenvalue weighted by atomic mass is 9.85. The fourth-order valence-electron chi connectivity index (χ4n) is 3.94. The number of thioether (sulfide) groups is 1. The zero-order valence-electron chi connectivity index (χ0n) is 14.0. The summed E-state index contributed by atoms with van der Waals surface area (Å²) in [6.45, 7) is 0. The Balaban J connectivity index is 1.67. The van der Waals surface area contributed by atoms with Crippen LogP contribution in [-0.4, -0.2) is 29.1 Å². The number of nitrogens with one attached hydrogen (secondary N) is 1. The van der Waals surface area contributed by atoms with Crippen molar-refractivity contribution >= 4 is 17.7 Å². The second-order valence-electron chi connectivity index (χ2n) is 7.12. The number of ether oxygens (including phenoxy) is 1. The molecule has 3 atom stereocenters. The van der Waals surface area contributed by atoms with Crippen LogP contribution in [0.15, 0.2) is 10.7 Å². The molecule has 0 radical (unpaired) electrons. The maximum absolute atomic E-state index is 12.3. The van der Waals surface area contributed by atoms with Gasteiger partial charge in [-0.05, 0) is 31.6 Å². The van der Waals surface area contributed by atoms with E-state index in [0.717, 1.165) is 31.4 Å². The Hall–Kier alpha value is -1.19. The third-order valence-electron chi connectivity index (χ3n) is 5.40. The van der Waals surface area contributed by atoms with Crippen LogP contribution in [0.5, 0.6) is 0 Å². The van der Waals surface area contributed by atoms with E-state index < -0.39 is 12.3 Å². The largest absolute Gasteiger partial charge is 0.462 e. The molecule has 0 aromatic carbocycles. The molecule has 6 heteroatoms. The molecule has 2 saturated carbocycles. The van der Waals surface area contributed by atoms with Crippen molar-refractivity contribution in [2.75, 3.05) is 5.75 Å². The zero-order valence-corrected chi connectivity index (χ0v) is 14.8. The second kappa shape index (κ2) is 8.26. The third kappa shape index (κ3) is 4.07. The molecule has 1 heterocycles. The monoisotopic (exact) mass is 350 g/mol. The number of hydrogen-bond acceptors (Lipinski definition) is 5. The summed E-state index contributed by atoms with van der Waals surface area (Å²) >= 11 is 1.50. The lowest BCUT2D eigenvalue weighted by molar-refractivity contribution is -0.126. The van der Waals surface area contributed by atoms with Crippen LogP contribution in [0.1, 0.15) is 57.8 Å². The van der Waals surface area contributed by atoms with Crippen LogP contribution in [0.2, 0.25) is 0 Å². The van der Waals surface area contributed by atoms with Gasteiger partial charge in [0.05, 0.1) is 6.10 Å². The summed E-state index contributed by atoms with van der Waals surface area (Å²) in [5, 5.41) is 22.8. The first-order valence-corrected chi connectivity index (χ1v) is 10.1. The van der Waals surface area contributed by atoms with Crippen molar-refractivity contribution in [2.45, 2.75) is 70.1 Å². The van der Waals surface area contributed by atoms with Crippen LogP contribution in [0.4, 0.5) is 0 Å². The molecule has 3 aliphatic rings. The number of carbonyl (C=O) groups is 1. The molecule has 1 amide bonds. The standard InChI is InChI=1S/C18H26N2O3S/c19-10-14-16(22)20-17(13-8-4-5-9-15(13)21)23-18(14)24-11-12-6-2-1-3-7-12/h12-13,15,17,21H,1-9,11H2,(H,20,22). The summed E-state index contributed by atoms with van der Waals surface area (Å²) in [4.78, 5) is 12.3. The van der Waals surface area contributed by atoms with E-state index in [1.54, 1.807) is 0 Å². The van der Waals surface area contributed by atoms with Crippen molar-refractivity contribution in [3.8, 4) is 6.07 Å². The molecule has 0 aromatic heterocycles. The minimum Gasteiger partial charge on any atom is -0.462 e. The normalized spacial score (nSPS) is 32.0. The first-order chi connectivity index (χ1) is 11.7. The molecule has 2 N–H and O–H groups in total. The molecular weight excluding hydrogens is 324 g/mol. The van der Waals surface area contributed by atoms with Gasteiger partial charge in [-0.3, -0.25) is 4.79 Å². The number of aliphatic hydroxyl groups is 1. The Bertz CT molecular complexity index is 537. The number of hydrogen-bond donors (Lipinski definition) is 2. The van der Waals surface area contributed by atoms with Crippen molar-refractivity contribution in [2.24, 2.45) is 11.8 Å². The molecule has 0 bridgehead atoms. The van der Waals surface area contributed by atoms with E-state index in [9.17, 15) is 15.2 Å². The average Bonchev–Trinajstić information content (AvgIpc) is 2.61. The first-order valence-electron chi connectivity index (χ1n) is 9.12. The van der Waals surface area contributed by atoms with Gasteiger partial charge < -0.3 is 15.2 Å². The van der Waals surface area contributed by atoms with Crippen LogP contribution in [-0.2, 0) is 9.53 Å². The van der Waals surface area contributed by atoms with Crippen LogP contribution in [0.25, 0.3) is 0 Å². The first kappa shape index (κ1) is 17.6. The minimum atomic E-state index is -0.515. The summed E-state index contributed by atoms with van der Waals surface area (Å²) < 4.78 is 5.99. The SMILES string of the molecule is N#CC1=C(SCC2CCCCC2)OC(C2CCCCC2O)NC1=O. The summed E-state index contributed by atoms with van der Waals surface area (Å²) in [6, 6.07) is 1.99. The van der Waals surface area contributed by atoms with Gasteiger partial charge in [0, 0.05) is 11.7 Å². The minimum absolute atomic E-state index is 0.0809. The van der Waals surface area contributed by atoms with Crippen LogP contribution in [0.3, 0.4) is 0 Å². The highest BCUT2D eigenvalue weighted by Gasteiger charge is 2.38. The van der Waals surface area contributed by atoms with Gasteiger partial charge in [-0.2, -0.15) is 5.26 Å². The molecule has 0 saturated heterocycles. The average molecular weight is 350 g/mol. The molecule has 3 rings (SSSR count). The van der Waals surface area contributed by atoms with Gasteiger partial charge >= 0.3 is 0 Å². The summed E-state index contributed by atoms with van der Waals surface area (Å²) in [5.74, 6) is 1.09. The van der Waals surface area contributed by atoms with Gasteiger partial charge in [-0.25, -0.2) is 0 Å². The highest BCUT2D eigenvalue weighted by Crippen LogP contribution is 2.36. The smallest absolute Gasteiger partial charge is 0.269 e. The Morgan fingerprint density at radius 3 is 2.58 bits per heavy atom. The van der Waals surface area contributed by atoms with Gasteiger partial charge in [-0.15, -0.1) is 0 Å². The van der Waals surface area contributed by atoms with E-state index in [0.29, 0.717) is 11.0 Å². The van der Waals surface area contributed by atoms with E-state index in [4.69, 9.17) is 4.74 Å². The number of rotatable bonds is 4. The van der Waals surface area contributed by atoms with Gasteiger partial charge in [0.2, 0.25) is 0 Å².